The predicted octanol–water partition coefficient (Wildman–Crippen LogP) is 3.25. The van der Waals surface area contributed by atoms with Crippen LogP contribution in [0.1, 0.15) is 58.8 Å². The molecule has 1 aliphatic rings. The van der Waals surface area contributed by atoms with E-state index < -0.39 is 5.41 Å². The maximum absolute atomic E-state index is 12.8. The molecule has 1 fully saturated rings. The van der Waals surface area contributed by atoms with Crippen molar-refractivity contribution in [3.63, 3.8) is 0 Å². The van der Waals surface area contributed by atoms with Crippen LogP contribution in [0.3, 0.4) is 0 Å². The molecule has 0 saturated heterocycles. The number of rotatable bonds is 5. The minimum absolute atomic E-state index is 0.0501. The zero-order valence-electron chi connectivity index (χ0n) is 12.7. The van der Waals surface area contributed by atoms with Crippen molar-refractivity contribution in [2.75, 3.05) is 13.1 Å². The van der Waals surface area contributed by atoms with E-state index in [-0.39, 0.29) is 5.91 Å². The second-order valence-corrected chi connectivity index (χ2v) is 6.16. The zero-order chi connectivity index (χ0) is 15.0. The van der Waals surface area contributed by atoms with Crippen molar-refractivity contribution < 1.29 is 4.79 Å². The molecular weight excluding hydrogens is 250 g/mol. The largest absolute Gasteiger partial charge is 0.340 e. The normalized spacial score (nSPS) is 17.9. The van der Waals surface area contributed by atoms with Crippen LogP contribution >= 0.6 is 0 Å². The van der Waals surface area contributed by atoms with E-state index in [1.165, 1.54) is 0 Å². The Hall–Kier alpha value is -1.55. The van der Waals surface area contributed by atoms with Crippen LogP contribution in [0.25, 0.3) is 0 Å². The van der Waals surface area contributed by atoms with Crippen molar-refractivity contribution in [3.05, 3.63) is 0 Å². The van der Waals surface area contributed by atoms with E-state index in [4.69, 9.17) is 5.26 Å². The fourth-order valence-electron chi connectivity index (χ4n) is 2.91. The van der Waals surface area contributed by atoms with Gasteiger partial charge in [-0.3, -0.25) is 4.79 Å². The first-order chi connectivity index (χ1) is 9.55. The van der Waals surface area contributed by atoms with Crippen LogP contribution in [0.5, 0.6) is 0 Å². The van der Waals surface area contributed by atoms with E-state index in [0.717, 1.165) is 25.7 Å². The van der Waals surface area contributed by atoms with Gasteiger partial charge in [-0.2, -0.15) is 10.5 Å². The molecule has 0 aromatic rings. The van der Waals surface area contributed by atoms with Gasteiger partial charge in [-0.15, -0.1) is 0 Å². The molecule has 0 aromatic heterocycles. The fraction of sp³-hybridized carbons (Fsp3) is 0.812. The third-order valence-corrected chi connectivity index (χ3v) is 3.95. The topological polar surface area (TPSA) is 67.9 Å². The lowest BCUT2D eigenvalue weighted by Gasteiger charge is -2.32. The van der Waals surface area contributed by atoms with E-state index in [1.54, 1.807) is 4.90 Å². The monoisotopic (exact) mass is 275 g/mol. The van der Waals surface area contributed by atoms with E-state index in [1.807, 2.05) is 0 Å². The summed E-state index contributed by atoms with van der Waals surface area (Å²) in [6.07, 6.45) is 5.80. The van der Waals surface area contributed by atoms with Crippen LogP contribution in [-0.4, -0.2) is 23.9 Å². The second-order valence-electron chi connectivity index (χ2n) is 6.16. The van der Waals surface area contributed by atoms with E-state index in [0.29, 0.717) is 38.3 Å². The fourth-order valence-corrected chi connectivity index (χ4v) is 2.91. The number of hydrogen-bond acceptors (Lipinski definition) is 3. The predicted molar refractivity (Wildman–Crippen MR) is 77.4 cm³/mol. The maximum Gasteiger partial charge on any atom is 0.243 e. The van der Waals surface area contributed by atoms with Gasteiger partial charge in [0.05, 0.1) is 18.6 Å². The maximum atomic E-state index is 12.8. The molecule has 4 nitrogen and oxygen atoms in total. The van der Waals surface area contributed by atoms with Crippen LogP contribution in [0.15, 0.2) is 0 Å². The first-order valence-corrected chi connectivity index (χ1v) is 7.63. The third kappa shape index (κ3) is 4.23. The molecule has 0 radical (unpaired) electrons. The van der Waals surface area contributed by atoms with Gasteiger partial charge < -0.3 is 4.90 Å². The van der Waals surface area contributed by atoms with Crippen molar-refractivity contribution in [2.24, 2.45) is 11.3 Å². The number of amides is 1. The highest BCUT2D eigenvalue weighted by Crippen LogP contribution is 2.36. The van der Waals surface area contributed by atoms with Crippen molar-refractivity contribution in [2.45, 2.75) is 58.8 Å². The van der Waals surface area contributed by atoms with Gasteiger partial charge in [-0.1, -0.05) is 39.5 Å². The molecule has 0 aromatic carbocycles. The minimum atomic E-state index is -0.846. The molecule has 0 atom stereocenters. The molecule has 0 aliphatic heterocycles. The van der Waals surface area contributed by atoms with Crippen molar-refractivity contribution >= 4 is 5.91 Å². The molecule has 0 bridgehead atoms. The van der Waals surface area contributed by atoms with Gasteiger partial charge in [0, 0.05) is 13.1 Å². The average molecular weight is 275 g/mol. The van der Waals surface area contributed by atoms with Crippen LogP contribution < -0.4 is 0 Å². The number of carbonyl (C=O) groups excluding carboxylic acids is 1. The van der Waals surface area contributed by atoms with Gasteiger partial charge in [0.25, 0.3) is 0 Å². The molecule has 0 spiro atoms. The molecule has 1 aliphatic carbocycles. The number of nitrogens with zero attached hydrogens (tertiary/aromatic N) is 3. The molecule has 4 heteroatoms. The van der Waals surface area contributed by atoms with E-state index in [9.17, 15) is 10.1 Å². The molecule has 110 valence electrons. The highest BCUT2D eigenvalue weighted by atomic mass is 16.2. The SMILES string of the molecule is CC(C)CN(CCC#N)C(=O)C1(C#N)CCCCCC1. The summed E-state index contributed by atoms with van der Waals surface area (Å²) in [6, 6.07) is 4.41. The van der Waals surface area contributed by atoms with Gasteiger partial charge in [-0.05, 0) is 18.8 Å². The first-order valence-electron chi connectivity index (χ1n) is 7.63. The Morgan fingerprint density at radius 1 is 1.20 bits per heavy atom. The van der Waals surface area contributed by atoms with Gasteiger partial charge >= 0.3 is 0 Å². The lowest BCUT2D eigenvalue weighted by atomic mass is 9.80. The minimum Gasteiger partial charge on any atom is -0.340 e. The van der Waals surface area contributed by atoms with Crippen molar-refractivity contribution in [3.8, 4) is 12.1 Å². The van der Waals surface area contributed by atoms with Crippen LogP contribution in [-0.2, 0) is 4.79 Å². The smallest absolute Gasteiger partial charge is 0.243 e. The summed E-state index contributed by atoms with van der Waals surface area (Å²) in [5, 5.41) is 18.3. The summed E-state index contributed by atoms with van der Waals surface area (Å²) in [6.45, 7) is 5.18. The molecule has 0 unspecified atom stereocenters. The molecular formula is C16H25N3O. The Morgan fingerprint density at radius 2 is 1.80 bits per heavy atom. The van der Waals surface area contributed by atoms with Crippen molar-refractivity contribution in [1.29, 1.82) is 10.5 Å². The van der Waals surface area contributed by atoms with Gasteiger partial charge in [0.15, 0.2) is 0 Å². The van der Waals surface area contributed by atoms with Crippen LogP contribution in [0.2, 0.25) is 0 Å². The van der Waals surface area contributed by atoms with E-state index >= 15 is 0 Å². The molecule has 1 rings (SSSR count). The molecule has 0 heterocycles. The zero-order valence-corrected chi connectivity index (χ0v) is 12.7. The Morgan fingerprint density at radius 3 is 2.25 bits per heavy atom. The number of nitriles is 2. The highest BCUT2D eigenvalue weighted by Gasteiger charge is 2.41. The van der Waals surface area contributed by atoms with Crippen LogP contribution in [0.4, 0.5) is 0 Å². The van der Waals surface area contributed by atoms with Gasteiger partial charge in [-0.25, -0.2) is 0 Å². The number of hydrogen-bond donors (Lipinski definition) is 0. The quantitative estimate of drug-likeness (QED) is 0.723. The molecule has 1 amide bonds. The Balaban J connectivity index is 2.89. The average Bonchev–Trinajstić information content (AvgIpc) is 2.68. The summed E-state index contributed by atoms with van der Waals surface area (Å²) in [7, 11) is 0. The summed E-state index contributed by atoms with van der Waals surface area (Å²) in [5.74, 6) is 0.296. The third-order valence-electron chi connectivity index (χ3n) is 3.95. The lowest BCUT2D eigenvalue weighted by Crippen LogP contribution is -2.45. The van der Waals surface area contributed by atoms with Gasteiger partial charge in [0.1, 0.15) is 5.41 Å². The summed E-state index contributed by atoms with van der Waals surface area (Å²) in [5.41, 5.74) is -0.846. The molecule has 0 N–H and O–H groups in total. The second kappa shape index (κ2) is 7.90. The first kappa shape index (κ1) is 16.5. The standard InChI is InChI=1S/C16H25N3O/c1-14(2)12-19(11-7-10-17)15(20)16(13-18)8-5-3-4-6-9-16/h14H,3-9,11-12H2,1-2H3. The van der Waals surface area contributed by atoms with Crippen molar-refractivity contribution in [1.82, 2.24) is 4.90 Å². The Labute approximate surface area is 122 Å². The highest BCUT2D eigenvalue weighted by molar-refractivity contribution is 5.85. The summed E-state index contributed by atoms with van der Waals surface area (Å²) < 4.78 is 0. The summed E-state index contributed by atoms with van der Waals surface area (Å²) >= 11 is 0. The Bertz CT molecular complexity index is 395. The molecule has 20 heavy (non-hydrogen) atoms. The summed E-state index contributed by atoms with van der Waals surface area (Å²) in [4.78, 5) is 14.6. The van der Waals surface area contributed by atoms with Gasteiger partial charge in [0.2, 0.25) is 5.91 Å². The Kier molecular flexibility index (Phi) is 6.52. The van der Waals surface area contributed by atoms with Crippen LogP contribution in [0, 0.1) is 34.0 Å². The molecule has 1 saturated carbocycles. The number of carbonyl (C=O) groups is 1. The van der Waals surface area contributed by atoms with E-state index in [2.05, 4.69) is 26.0 Å². The lowest BCUT2D eigenvalue weighted by molar-refractivity contribution is -0.140.